The Bertz CT molecular complexity index is 1210. The molecule has 0 spiro atoms. The summed E-state index contributed by atoms with van der Waals surface area (Å²) in [7, 11) is 0. The van der Waals surface area contributed by atoms with Gasteiger partial charge in [-0.05, 0) is 73.2 Å². The fraction of sp³-hybridized carbons (Fsp3) is 0.214. The van der Waals surface area contributed by atoms with Crippen molar-refractivity contribution in [3.8, 4) is 0 Å². The van der Waals surface area contributed by atoms with Crippen LogP contribution in [0.15, 0.2) is 60.7 Å². The van der Waals surface area contributed by atoms with Gasteiger partial charge in [-0.25, -0.2) is 19.2 Å². The van der Waals surface area contributed by atoms with Crippen LogP contribution in [0.3, 0.4) is 0 Å². The molecule has 36 heavy (non-hydrogen) atoms. The summed E-state index contributed by atoms with van der Waals surface area (Å²) in [5.74, 6) is -3.63. The molecule has 0 aliphatic rings. The molecule has 186 valence electrons. The molecule has 0 bridgehead atoms. The van der Waals surface area contributed by atoms with Crippen molar-refractivity contribution in [2.45, 2.75) is 26.7 Å². The lowest BCUT2D eigenvalue weighted by Crippen LogP contribution is -2.21. The van der Waals surface area contributed by atoms with Gasteiger partial charge in [0.15, 0.2) is 0 Å². The number of aryl methyl sites for hydroxylation is 2. The fourth-order valence-corrected chi connectivity index (χ4v) is 3.86. The van der Waals surface area contributed by atoms with Gasteiger partial charge in [0, 0.05) is 13.2 Å². The van der Waals surface area contributed by atoms with Crippen molar-refractivity contribution in [1.82, 2.24) is 0 Å². The van der Waals surface area contributed by atoms with Crippen molar-refractivity contribution in [1.29, 1.82) is 0 Å². The first kappa shape index (κ1) is 26.5. The molecule has 8 heteroatoms. The second kappa shape index (κ2) is 12.0. The second-order valence-electron chi connectivity index (χ2n) is 8.05. The summed E-state index contributed by atoms with van der Waals surface area (Å²) in [6.45, 7) is 2.64. The zero-order valence-electron chi connectivity index (χ0n) is 19.9. The predicted octanol–water partition coefficient (Wildman–Crippen LogP) is 3.37. The highest BCUT2D eigenvalue weighted by atomic mass is 16.6. The number of benzene rings is 3. The quantitative estimate of drug-likeness (QED) is 0.364. The van der Waals surface area contributed by atoms with E-state index in [1.165, 1.54) is 24.3 Å². The smallest absolute Gasteiger partial charge is 0.346 e. The molecule has 0 unspecified atom stereocenters. The Morgan fingerprint density at radius 3 is 1.22 bits per heavy atom. The lowest BCUT2D eigenvalue weighted by atomic mass is 9.91. The molecule has 0 aromatic heterocycles. The van der Waals surface area contributed by atoms with E-state index in [-0.39, 0.29) is 59.4 Å². The van der Waals surface area contributed by atoms with Crippen LogP contribution >= 0.6 is 0 Å². The Morgan fingerprint density at radius 1 is 0.556 bits per heavy atom. The predicted molar refractivity (Wildman–Crippen MR) is 130 cm³/mol. The summed E-state index contributed by atoms with van der Waals surface area (Å²) in [5.41, 5.74) is 2.04. The minimum absolute atomic E-state index is 0.0452. The van der Waals surface area contributed by atoms with E-state index in [0.717, 1.165) is 0 Å². The summed E-state index contributed by atoms with van der Waals surface area (Å²) in [5, 5.41) is 19.2. The van der Waals surface area contributed by atoms with Crippen molar-refractivity contribution >= 4 is 23.9 Å². The van der Waals surface area contributed by atoms with Crippen LogP contribution in [-0.4, -0.2) is 47.3 Å². The molecule has 3 aromatic rings. The zero-order chi connectivity index (χ0) is 26.2. The molecule has 0 saturated heterocycles. The standard InChI is InChI=1S/C28H26O8/c1-17-7-3-5-9-19(17)25(31)35-27(33)23-11-12-24(22(14-16-30)21(23)13-15-29)28(34)36-26(32)20-10-6-4-8-18(20)2/h3-12,29-30H,13-16H2,1-2H3. The van der Waals surface area contributed by atoms with E-state index in [4.69, 9.17) is 9.47 Å². The Labute approximate surface area is 208 Å². The summed E-state index contributed by atoms with van der Waals surface area (Å²) in [6.07, 6.45) is -0.129. The third-order valence-electron chi connectivity index (χ3n) is 5.70. The van der Waals surface area contributed by atoms with E-state index in [0.29, 0.717) is 11.1 Å². The molecule has 0 fully saturated rings. The Morgan fingerprint density at radius 2 is 0.889 bits per heavy atom. The molecule has 3 aromatic carbocycles. The van der Waals surface area contributed by atoms with Crippen molar-refractivity contribution in [2.75, 3.05) is 13.2 Å². The Hall–Kier alpha value is -4.14. The van der Waals surface area contributed by atoms with Gasteiger partial charge in [0.05, 0.1) is 22.3 Å². The molecular weight excluding hydrogens is 464 g/mol. The molecule has 0 radical (unpaired) electrons. The normalized spacial score (nSPS) is 10.6. The first-order valence-electron chi connectivity index (χ1n) is 11.3. The molecule has 0 saturated carbocycles. The molecular formula is C28H26O8. The van der Waals surface area contributed by atoms with Crippen molar-refractivity contribution in [2.24, 2.45) is 0 Å². The first-order chi connectivity index (χ1) is 17.3. The maximum Gasteiger partial charge on any atom is 0.346 e. The molecule has 0 aliphatic carbocycles. The molecule has 3 rings (SSSR count). The number of aliphatic hydroxyl groups excluding tert-OH is 2. The van der Waals surface area contributed by atoms with Crippen molar-refractivity contribution in [3.63, 3.8) is 0 Å². The second-order valence-corrected chi connectivity index (χ2v) is 8.05. The number of ether oxygens (including phenoxy) is 2. The summed E-state index contributed by atoms with van der Waals surface area (Å²) >= 11 is 0. The van der Waals surface area contributed by atoms with E-state index in [9.17, 15) is 29.4 Å². The van der Waals surface area contributed by atoms with Crippen LogP contribution in [-0.2, 0) is 22.3 Å². The summed E-state index contributed by atoms with van der Waals surface area (Å²) in [4.78, 5) is 50.9. The van der Waals surface area contributed by atoms with Gasteiger partial charge in [-0.1, -0.05) is 36.4 Å². The highest BCUT2D eigenvalue weighted by Gasteiger charge is 2.26. The average Bonchev–Trinajstić information content (AvgIpc) is 2.85. The number of hydrogen-bond acceptors (Lipinski definition) is 8. The highest BCUT2D eigenvalue weighted by molar-refractivity contribution is 6.06. The summed E-state index contributed by atoms with van der Waals surface area (Å²) < 4.78 is 10.1. The van der Waals surface area contributed by atoms with Gasteiger partial charge in [-0.15, -0.1) is 0 Å². The lowest BCUT2D eigenvalue weighted by Gasteiger charge is -2.17. The highest BCUT2D eigenvalue weighted by Crippen LogP contribution is 2.24. The van der Waals surface area contributed by atoms with Crippen molar-refractivity contribution in [3.05, 3.63) is 105 Å². The third-order valence-corrected chi connectivity index (χ3v) is 5.70. The van der Waals surface area contributed by atoms with Crippen LogP contribution in [0.25, 0.3) is 0 Å². The fourth-order valence-electron chi connectivity index (χ4n) is 3.86. The molecule has 0 aliphatic heterocycles. The molecule has 8 nitrogen and oxygen atoms in total. The van der Waals surface area contributed by atoms with Gasteiger partial charge in [0.25, 0.3) is 0 Å². The number of carbonyl (C=O) groups excluding carboxylic acids is 4. The van der Waals surface area contributed by atoms with E-state index in [1.54, 1.807) is 50.2 Å². The first-order valence-corrected chi connectivity index (χ1v) is 11.3. The van der Waals surface area contributed by atoms with Gasteiger partial charge in [-0.2, -0.15) is 0 Å². The molecule has 0 heterocycles. The minimum Gasteiger partial charge on any atom is -0.396 e. The van der Waals surface area contributed by atoms with Crippen LogP contribution in [0.2, 0.25) is 0 Å². The number of esters is 4. The number of hydrogen-bond donors (Lipinski definition) is 2. The van der Waals surface area contributed by atoms with Gasteiger partial charge in [0.2, 0.25) is 0 Å². The van der Waals surface area contributed by atoms with Gasteiger partial charge in [-0.3, -0.25) is 0 Å². The monoisotopic (exact) mass is 490 g/mol. The number of rotatable bonds is 8. The minimum atomic E-state index is -0.971. The van der Waals surface area contributed by atoms with Crippen LogP contribution < -0.4 is 0 Å². The molecule has 0 atom stereocenters. The van der Waals surface area contributed by atoms with Gasteiger partial charge in [0.1, 0.15) is 0 Å². The Kier molecular flexibility index (Phi) is 8.83. The van der Waals surface area contributed by atoms with Crippen LogP contribution in [0.1, 0.15) is 63.7 Å². The molecule has 2 N–H and O–H groups in total. The SMILES string of the molecule is Cc1ccccc1C(=O)OC(=O)c1ccc(C(=O)OC(=O)c2ccccc2C)c(CCO)c1CCO. The maximum absolute atomic E-state index is 12.9. The van der Waals surface area contributed by atoms with Gasteiger partial charge < -0.3 is 19.7 Å². The average molecular weight is 491 g/mol. The zero-order valence-corrected chi connectivity index (χ0v) is 19.9. The van der Waals surface area contributed by atoms with E-state index >= 15 is 0 Å². The van der Waals surface area contributed by atoms with Crippen molar-refractivity contribution < 1.29 is 38.9 Å². The summed E-state index contributed by atoms with van der Waals surface area (Å²) in [6, 6.07) is 15.8. The topological polar surface area (TPSA) is 127 Å². The number of aliphatic hydroxyl groups is 2. The van der Waals surface area contributed by atoms with Crippen LogP contribution in [0, 0.1) is 13.8 Å². The molecule has 0 amide bonds. The number of carbonyl (C=O) groups is 4. The van der Waals surface area contributed by atoms with Gasteiger partial charge >= 0.3 is 23.9 Å². The Balaban J connectivity index is 1.94. The van der Waals surface area contributed by atoms with Crippen LogP contribution in [0.5, 0.6) is 0 Å². The van der Waals surface area contributed by atoms with Crippen LogP contribution in [0.4, 0.5) is 0 Å². The maximum atomic E-state index is 12.9. The van der Waals surface area contributed by atoms with E-state index in [1.807, 2.05) is 0 Å². The lowest BCUT2D eigenvalue weighted by molar-refractivity contribution is 0.0374. The largest absolute Gasteiger partial charge is 0.396 e. The van der Waals surface area contributed by atoms with E-state index < -0.39 is 23.9 Å². The van der Waals surface area contributed by atoms with E-state index in [2.05, 4.69) is 0 Å². The third kappa shape index (κ3) is 5.91.